The second kappa shape index (κ2) is 13.2. The van der Waals surface area contributed by atoms with E-state index in [9.17, 15) is 9.90 Å². The Morgan fingerprint density at radius 3 is 2.66 bits per heavy atom. The number of primary amides is 1. The number of nitrogens with two attached hydrogens (primary N) is 2. The van der Waals surface area contributed by atoms with E-state index in [4.69, 9.17) is 32.5 Å². The molecule has 1 aliphatic rings. The summed E-state index contributed by atoms with van der Waals surface area (Å²) in [5.41, 5.74) is 10.8. The van der Waals surface area contributed by atoms with Gasteiger partial charge in [-0.05, 0) is 56.4 Å². The molecule has 2 unspecified atom stereocenters. The molecule has 0 spiro atoms. The summed E-state index contributed by atoms with van der Waals surface area (Å²) >= 11 is 6.12. The van der Waals surface area contributed by atoms with Crippen LogP contribution in [0.5, 0.6) is 0 Å². The van der Waals surface area contributed by atoms with Crippen molar-refractivity contribution in [3.8, 4) is 0 Å². The predicted octanol–water partition coefficient (Wildman–Crippen LogP) is 4.42. The number of unbranched alkanes of at least 4 members (excludes halogenated alkanes) is 1. The monoisotopic (exact) mass is 515 g/mol. The van der Waals surface area contributed by atoms with E-state index in [0.29, 0.717) is 64.7 Å². The molecule has 1 saturated heterocycles. The van der Waals surface area contributed by atoms with Crippen LogP contribution in [0.3, 0.4) is 0 Å². The van der Waals surface area contributed by atoms with Crippen LogP contribution in [-0.2, 0) is 15.1 Å². The molecule has 5 N–H and O–H groups in total. The molecule has 0 aliphatic carbocycles. The fourth-order valence-corrected chi connectivity index (χ4v) is 5.91. The number of hydrogen-bond acceptors (Lipinski definition) is 5. The number of likely N-dealkylation sites (tertiary alicyclic amines) is 1. The molecule has 200 valence electrons. The SMILES string of the molecule is COCCCC[C@@](O)(c1cccc(Cl)c1F)C1CCCN(C(N)=O)C1C[C@@H](N)CC(C)(C)COC. The van der Waals surface area contributed by atoms with E-state index < -0.39 is 29.4 Å². The summed E-state index contributed by atoms with van der Waals surface area (Å²) in [7, 11) is 3.28. The molecule has 35 heavy (non-hydrogen) atoms. The number of hydrogen-bond donors (Lipinski definition) is 3. The first-order valence-corrected chi connectivity index (χ1v) is 12.8. The van der Waals surface area contributed by atoms with Gasteiger partial charge in [0.2, 0.25) is 0 Å². The summed E-state index contributed by atoms with van der Waals surface area (Å²) in [5, 5.41) is 12.2. The predicted molar refractivity (Wildman–Crippen MR) is 137 cm³/mol. The standard InChI is InChI=1S/C26H43ClFN3O4/c1-25(2,17-35-4)16-18(29)15-22-19(10-8-13-31(22)24(30)32)26(33,12-5-6-14-34-3)20-9-7-11-21(27)23(20)28/h7,9,11,18-19,22,33H,5-6,8,10,12-17,29H2,1-4H3,(H2,30,32)/t18-,19?,22?,26+/m1/s1. The molecule has 1 aromatic carbocycles. The van der Waals surface area contributed by atoms with Gasteiger partial charge in [0.05, 0.1) is 17.2 Å². The van der Waals surface area contributed by atoms with Crippen LogP contribution in [0, 0.1) is 17.2 Å². The molecule has 1 aliphatic heterocycles. The van der Waals surface area contributed by atoms with Crippen molar-refractivity contribution in [3.63, 3.8) is 0 Å². The zero-order valence-corrected chi connectivity index (χ0v) is 22.3. The van der Waals surface area contributed by atoms with E-state index in [1.165, 1.54) is 6.07 Å². The molecule has 1 fully saturated rings. The Morgan fingerprint density at radius 1 is 1.31 bits per heavy atom. The first kappa shape index (κ1) is 29.8. The van der Waals surface area contributed by atoms with Gasteiger partial charge < -0.3 is 30.9 Å². The fraction of sp³-hybridized carbons (Fsp3) is 0.731. The van der Waals surface area contributed by atoms with Crippen LogP contribution in [0.4, 0.5) is 9.18 Å². The second-order valence-electron chi connectivity index (χ2n) is 10.6. The average molecular weight is 516 g/mol. The highest BCUT2D eigenvalue weighted by Gasteiger charge is 2.48. The zero-order valence-electron chi connectivity index (χ0n) is 21.6. The van der Waals surface area contributed by atoms with Gasteiger partial charge in [-0.25, -0.2) is 9.18 Å². The lowest BCUT2D eigenvalue weighted by atomic mass is 9.68. The third-order valence-electron chi connectivity index (χ3n) is 7.14. The normalized spacial score (nSPS) is 21.5. The zero-order chi connectivity index (χ0) is 26.2. The van der Waals surface area contributed by atoms with Crippen LogP contribution in [-0.4, -0.2) is 62.1 Å². The van der Waals surface area contributed by atoms with E-state index >= 15 is 4.39 Å². The molecule has 0 saturated carbocycles. The number of piperidine rings is 1. The maximum absolute atomic E-state index is 15.3. The Hall–Kier alpha value is -1.45. The summed E-state index contributed by atoms with van der Waals surface area (Å²) in [6.07, 6.45) is 3.97. The van der Waals surface area contributed by atoms with Crippen LogP contribution in [0.25, 0.3) is 0 Å². The van der Waals surface area contributed by atoms with Gasteiger partial charge in [-0.1, -0.05) is 37.6 Å². The number of amides is 2. The van der Waals surface area contributed by atoms with Crippen molar-refractivity contribution in [2.45, 2.75) is 76.5 Å². The van der Waals surface area contributed by atoms with Gasteiger partial charge >= 0.3 is 6.03 Å². The second-order valence-corrected chi connectivity index (χ2v) is 11.0. The maximum Gasteiger partial charge on any atom is 0.315 e. The first-order chi connectivity index (χ1) is 16.5. The number of urea groups is 1. The average Bonchev–Trinajstić information content (AvgIpc) is 2.77. The molecule has 0 bridgehead atoms. The van der Waals surface area contributed by atoms with E-state index in [-0.39, 0.29) is 22.0 Å². The van der Waals surface area contributed by atoms with Gasteiger partial charge in [0.1, 0.15) is 5.82 Å². The number of methoxy groups -OCH3 is 2. The third-order valence-corrected chi connectivity index (χ3v) is 7.44. The van der Waals surface area contributed by atoms with E-state index in [2.05, 4.69) is 13.8 Å². The molecular formula is C26H43ClFN3O4. The molecule has 1 heterocycles. The number of ether oxygens (including phenoxy) is 2. The molecule has 2 amide bonds. The minimum Gasteiger partial charge on any atom is -0.385 e. The molecule has 4 atom stereocenters. The van der Waals surface area contributed by atoms with E-state index in [0.717, 1.165) is 0 Å². The lowest BCUT2D eigenvalue weighted by Gasteiger charge is -2.49. The van der Waals surface area contributed by atoms with Gasteiger partial charge in [0, 0.05) is 50.9 Å². The third kappa shape index (κ3) is 7.76. The number of nitrogens with zero attached hydrogens (tertiary/aromatic N) is 1. The molecule has 2 rings (SSSR count). The van der Waals surface area contributed by atoms with E-state index in [1.807, 2.05) is 0 Å². The van der Waals surface area contributed by atoms with Crippen molar-refractivity contribution < 1.29 is 23.8 Å². The largest absolute Gasteiger partial charge is 0.385 e. The lowest BCUT2D eigenvalue weighted by molar-refractivity contribution is -0.0846. The highest BCUT2D eigenvalue weighted by atomic mass is 35.5. The molecule has 1 aromatic rings. The Morgan fingerprint density at radius 2 is 2.03 bits per heavy atom. The van der Waals surface area contributed by atoms with Crippen LogP contribution < -0.4 is 11.5 Å². The molecule has 7 nitrogen and oxygen atoms in total. The number of rotatable bonds is 13. The summed E-state index contributed by atoms with van der Waals surface area (Å²) in [6.45, 7) is 5.71. The van der Waals surface area contributed by atoms with Crippen LogP contribution in [0.2, 0.25) is 5.02 Å². The minimum absolute atomic E-state index is 0.0463. The lowest BCUT2D eigenvalue weighted by Crippen LogP contribution is -2.58. The van der Waals surface area contributed by atoms with Gasteiger partial charge in [0.25, 0.3) is 0 Å². The first-order valence-electron chi connectivity index (χ1n) is 12.4. The number of halogens is 2. The molecular weight excluding hydrogens is 473 g/mol. The van der Waals surface area contributed by atoms with Gasteiger partial charge in [-0.3, -0.25) is 0 Å². The number of carbonyl (C=O) groups is 1. The maximum atomic E-state index is 15.3. The Labute approximate surface area is 214 Å². The van der Waals surface area contributed by atoms with Crippen molar-refractivity contribution in [2.24, 2.45) is 22.8 Å². The number of carbonyl (C=O) groups excluding carboxylic acids is 1. The fourth-order valence-electron chi connectivity index (χ4n) is 5.73. The molecule has 9 heteroatoms. The summed E-state index contributed by atoms with van der Waals surface area (Å²) in [4.78, 5) is 14.1. The Bertz CT molecular complexity index is 828. The van der Waals surface area contributed by atoms with Crippen molar-refractivity contribution >= 4 is 17.6 Å². The minimum atomic E-state index is -1.55. The molecule has 0 aromatic heterocycles. The van der Waals surface area contributed by atoms with Crippen LogP contribution in [0.15, 0.2) is 18.2 Å². The Kier molecular flexibility index (Phi) is 11.2. The smallest absolute Gasteiger partial charge is 0.315 e. The summed E-state index contributed by atoms with van der Waals surface area (Å²) < 4.78 is 25.8. The number of benzene rings is 1. The van der Waals surface area contributed by atoms with Gasteiger partial charge in [0.15, 0.2) is 0 Å². The van der Waals surface area contributed by atoms with Crippen molar-refractivity contribution in [1.82, 2.24) is 4.90 Å². The number of aliphatic hydroxyl groups is 1. The van der Waals surface area contributed by atoms with Gasteiger partial charge in [-0.2, -0.15) is 0 Å². The summed E-state index contributed by atoms with van der Waals surface area (Å²) in [5.74, 6) is -1.10. The quantitative estimate of drug-likeness (QED) is 0.337. The van der Waals surface area contributed by atoms with Gasteiger partial charge in [-0.15, -0.1) is 0 Å². The highest BCUT2D eigenvalue weighted by Crippen LogP contribution is 2.45. The summed E-state index contributed by atoms with van der Waals surface area (Å²) in [6, 6.07) is 3.42. The van der Waals surface area contributed by atoms with Crippen molar-refractivity contribution in [2.75, 3.05) is 34.0 Å². The van der Waals surface area contributed by atoms with Crippen molar-refractivity contribution in [3.05, 3.63) is 34.6 Å². The molecule has 0 radical (unpaired) electrons. The highest BCUT2D eigenvalue weighted by molar-refractivity contribution is 6.30. The topological polar surface area (TPSA) is 111 Å². The van der Waals surface area contributed by atoms with Crippen LogP contribution in [0.1, 0.15) is 64.4 Å². The Balaban J connectivity index is 2.46. The van der Waals surface area contributed by atoms with E-state index in [1.54, 1.807) is 31.3 Å². The van der Waals surface area contributed by atoms with Crippen molar-refractivity contribution in [1.29, 1.82) is 0 Å². The van der Waals surface area contributed by atoms with Crippen LogP contribution >= 0.6 is 11.6 Å².